The van der Waals surface area contributed by atoms with Crippen LogP contribution < -0.4 is 10.6 Å². The lowest BCUT2D eigenvalue weighted by atomic mass is 10.2. The highest BCUT2D eigenvalue weighted by molar-refractivity contribution is 6.30. The van der Waals surface area contributed by atoms with E-state index in [9.17, 15) is 14.4 Å². The van der Waals surface area contributed by atoms with Gasteiger partial charge in [-0.1, -0.05) is 23.7 Å². The molecule has 0 bridgehead atoms. The summed E-state index contributed by atoms with van der Waals surface area (Å²) in [6, 6.07) is 6.21. The lowest BCUT2D eigenvalue weighted by Gasteiger charge is -2.11. The average Bonchev–Trinajstić information content (AvgIpc) is 2.46. The van der Waals surface area contributed by atoms with Crippen molar-refractivity contribution in [1.82, 2.24) is 10.6 Å². The van der Waals surface area contributed by atoms with Crippen molar-refractivity contribution < 1.29 is 19.1 Å². The molecule has 0 heterocycles. The Kier molecular flexibility index (Phi) is 7.12. The van der Waals surface area contributed by atoms with Crippen LogP contribution in [0, 0.1) is 0 Å². The van der Waals surface area contributed by atoms with Gasteiger partial charge in [-0.3, -0.25) is 10.1 Å². The zero-order valence-electron chi connectivity index (χ0n) is 12.3. The van der Waals surface area contributed by atoms with E-state index >= 15 is 0 Å². The highest BCUT2D eigenvalue weighted by Gasteiger charge is 2.18. The number of nitrogens with one attached hydrogen (secondary N) is 2. The highest BCUT2D eigenvalue weighted by Crippen LogP contribution is 2.10. The van der Waals surface area contributed by atoms with Crippen molar-refractivity contribution in [2.24, 2.45) is 0 Å². The molecule has 1 rings (SSSR count). The molecule has 118 valence electrons. The second-order valence-electron chi connectivity index (χ2n) is 4.31. The number of hydrogen-bond acceptors (Lipinski definition) is 4. The van der Waals surface area contributed by atoms with E-state index in [1.807, 2.05) is 0 Å². The Morgan fingerprint density at radius 2 is 1.91 bits per heavy atom. The zero-order valence-corrected chi connectivity index (χ0v) is 13.0. The van der Waals surface area contributed by atoms with E-state index in [1.54, 1.807) is 31.2 Å². The second kappa shape index (κ2) is 8.84. The minimum absolute atomic E-state index is 0.386. The van der Waals surface area contributed by atoms with Gasteiger partial charge in [0, 0.05) is 17.6 Å². The fraction of sp³-hybridized carbons (Fsp3) is 0.267. The van der Waals surface area contributed by atoms with Crippen LogP contribution in [-0.2, 0) is 14.3 Å². The van der Waals surface area contributed by atoms with Gasteiger partial charge in [0.15, 0.2) is 6.10 Å². The van der Waals surface area contributed by atoms with Crippen LogP contribution in [0.1, 0.15) is 19.4 Å². The van der Waals surface area contributed by atoms with Crippen LogP contribution in [0.2, 0.25) is 5.02 Å². The number of benzene rings is 1. The molecule has 0 saturated heterocycles. The van der Waals surface area contributed by atoms with Gasteiger partial charge in [-0.15, -0.1) is 0 Å². The van der Waals surface area contributed by atoms with Gasteiger partial charge >= 0.3 is 12.0 Å². The number of hydrogen-bond donors (Lipinski definition) is 2. The first-order valence-corrected chi connectivity index (χ1v) is 7.03. The number of esters is 1. The van der Waals surface area contributed by atoms with Gasteiger partial charge in [0.25, 0.3) is 5.91 Å². The summed E-state index contributed by atoms with van der Waals surface area (Å²) in [5, 5.41) is 5.05. The summed E-state index contributed by atoms with van der Waals surface area (Å²) in [7, 11) is 0. The fourth-order valence-corrected chi connectivity index (χ4v) is 1.55. The summed E-state index contributed by atoms with van der Waals surface area (Å²) in [5.41, 5.74) is 0.765. The predicted octanol–water partition coefficient (Wildman–Crippen LogP) is 2.13. The van der Waals surface area contributed by atoms with Crippen molar-refractivity contribution in [2.45, 2.75) is 20.0 Å². The summed E-state index contributed by atoms with van der Waals surface area (Å²) in [4.78, 5) is 34.4. The topological polar surface area (TPSA) is 84.5 Å². The Balaban J connectivity index is 2.48. The van der Waals surface area contributed by atoms with E-state index in [2.05, 4.69) is 10.6 Å². The number of imide groups is 1. The van der Waals surface area contributed by atoms with E-state index in [4.69, 9.17) is 16.3 Å². The van der Waals surface area contributed by atoms with Gasteiger partial charge in [-0.25, -0.2) is 9.59 Å². The summed E-state index contributed by atoms with van der Waals surface area (Å²) >= 11 is 5.75. The van der Waals surface area contributed by atoms with Gasteiger partial charge in [-0.2, -0.15) is 0 Å². The molecular weight excluding hydrogens is 308 g/mol. The molecule has 0 spiro atoms. The molecule has 0 saturated carbocycles. The third-order valence-electron chi connectivity index (χ3n) is 2.52. The maximum Gasteiger partial charge on any atom is 0.331 e. The third-order valence-corrected chi connectivity index (χ3v) is 2.77. The number of amides is 3. The molecule has 0 radical (unpaired) electrons. The Hall–Kier alpha value is -2.34. The molecule has 0 aliphatic carbocycles. The van der Waals surface area contributed by atoms with Gasteiger partial charge in [0.05, 0.1) is 0 Å². The highest BCUT2D eigenvalue weighted by atomic mass is 35.5. The first kappa shape index (κ1) is 17.7. The molecule has 1 atom stereocenters. The number of rotatable bonds is 5. The quantitative estimate of drug-likeness (QED) is 0.642. The molecule has 7 heteroatoms. The van der Waals surface area contributed by atoms with Crippen molar-refractivity contribution in [3.8, 4) is 0 Å². The van der Waals surface area contributed by atoms with Crippen LogP contribution in [-0.4, -0.2) is 30.6 Å². The molecule has 22 heavy (non-hydrogen) atoms. The van der Waals surface area contributed by atoms with Gasteiger partial charge in [-0.05, 0) is 37.6 Å². The summed E-state index contributed by atoms with van der Waals surface area (Å²) < 4.78 is 4.89. The lowest BCUT2D eigenvalue weighted by molar-refractivity contribution is -0.149. The molecule has 0 fully saturated rings. The van der Waals surface area contributed by atoms with E-state index < -0.39 is 24.0 Å². The van der Waals surface area contributed by atoms with Crippen LogP contribution in [0.3, 0.4) is 0 Å². The maximum atomic E-state index is 11.6. The maximum absolute atomic E-state index is 11.6. The van der Waals surface area contributed by atoms with Crippen LogP contribution in [0.4, 0.5) is 4.79 Å². The normalized spacial score (nSPS) is 11.8. The summed E-state index contributed by atoms with van der Waals surface area (Å²) in [5.74, 6) is -1.38. The molecule has 6 nitrogen and oxygen atoms in total. The van der Waals surface area contributed by atoms with Crippen molar-refractivity contribution in [3.63, 3.8) is 0 Å². The fourth-order valence-electron chi connectivity index (χ4n) is 1.42. The number of ether oxygens (including phenoxy) is 1. The van der Waals surface area contributed by atoms with Crippen molar-refractivity contribution >= 4 is 35.6 Å². The smallest absolute Gasteiger partial charge is 0.331 e. The second-order valence-corrected chi connectivity index (χ2v) is 4.75. The minimum atomic E-state index is -1.08. The Labute approximate surface area is 133 Å². The standard InChI is InChI=1S/C15H17ClN2O4/c1-3-17-15(21)18-14(20)10(2)22-13(19)9-6-11-4-7-12(16)8-5-11/h4-10H,3H2,1-2H3,(H2,17,18,20,21)/b9-6+/t10-/m0/s1. The number of carbonyl (C=O) groups excluding carboxylic acids is 3. The molecule has 0 aliphatic rings. The molecular formula is C15H17ClN2O4. The van der Waals surface area contributed by atoms with Crippen molar-refractivity contribution in [1.29, 1.82) is 0 Å². The average molecular weight is 325 g/mol. The number of urea groups is 1. The SMILES string of the molecule is CCNC(=O)NC(=O)[C@H](C)OC(=O)/C=C/c1ccc(Cl)cc1. The molecule has 2 N–H and O–H groups in total. The van der Waals surface area contributed by atoms with E-state index in [1.165, 1.54) is 19.1 Å². The monoisotopic (exact) mass is 324 g/mol. The largest absolute Gasteiger partial charge is 0.449 e. The van der Waals surface area contributed by atoms with Crippen LogP contribution in [0.5, 0.6) is 0 Å². The molecule has 3 amide bonds. The van der Waals surface area contributed by atoms with Gasteiger partial charge in [0.2, 0.25) is 0 Å². The van der Waals surface area contributed by atoms with E-state index in [0.29, 0.717) is 11.6 Å². The third kappa shape index (κ3) is 6.41. The van der Waals surface area contributed by atoms with Crippen LogP contribution >= 0.6 is 11.6 Å². The van der Waals surface area contributed by atoms with E-state index in [0.717, 1.165) is 5.56 Å². The molecule has 1 aromatic rings. The molecule has 0 unspecified atom stereocenters. The lowest BCUT2D eigenvalue weighted by Crippen LogP contribution is -2.44. The minimum Gasteiger partial charge on any atom is -0.449 e. The first-order chi connectivity index (χ1) is 10.4. The zero-order chi connectivity index (χ0) is 16.5. The molecule has 1 aromatic carbocycles. The Bertz CT molecular complexity index is 569. The van der Waals surface area contributed by atoms with Crippen LogP contribution in [0.25, 0.3) is 6.08 Å². The number of carbonyl (C=O) groups is 3. The summed E-state index contributed by atoms with van der Waals surface area (Å²) in [6.07, 6.45) is 1.65. The predicted molar refractivity (Wildman–Crippen MR) is 83.3 cm³/mol. The first-order valence-electron chi connectivity index (χ1n) is 6.65. The van der Waals surface area contributed by atoms with Crippen molar-refractivity contribution in [2.75, 3.05) is 6.54 Å². The number of halogens is 1. The van der Waals surface area contributed by atoms with Crippen LogP contribution in [0.15, 0.2) is 30.3 Å². The van der Waals surface area contributed by atoms with Gasteiger partial charge < -0.3 is 10.1 Å². The Morgan fingerprint density at radius 1 is 1.27 bits per heavy atom. The van der Waals surface area contributed by atoms with Gasteiger partial charge in [0.1, 0.15) is 0 Å². The Morgan fingerprint density at radius 3 is 2.50 bits per heavy atom. The van der Waals surface area contributed by atoms with Crippen molar-refractivity contribution in [3.05, 3.63) is 40.9 Å². The molecule has 0 aromatic heterocycles. The summed E-state index contributed by atoms with van der Waals surface area (Å²) in [6.45, 7) is 3.48. The van der Waals surface area contributed by atoms with E-state index in [-0.39, 0.29) is 0 Å². The molecule has 0 aliphatic heterocycles.